The van der Waals surface area contributed by atoms with Gasteiger partial charge in [0.05, 0.1) is 11.6 Å². The second-order valence-corrected chi connectivity index (χ2v) is 7.22. The molecule has 2 aliphatic rings. The number of guanidine groups is 1. The molecule has 0 heterocycles. The maximum atomic E-state index is 12.3. The molecule has 138 valence electrons. The zero-order valence-electron chi connectivity index (χ0n) is 15.3. The number of aliphatic imine (C=N–C) groups is 1. The van der Waals surface area contributed by atoms with Crippen LogP contribution in [0, 0.1) is 17.2 Å². The lowest BCUT2D eigenvalue weighted by Crippen LogP contribution is -2.47. The molecule has 0 radical (unpaired) electrons. The van der Waals surface area contributed by atoms with Gasteiger partial charge in [-0.1, -0.05) is 18.6 Å². The van der Waals surface area contributed by atoms with Crippen molar-refractivity contribution in [2.24, 2.45) is 10.9 Å². The predicted molar refractivity (Wildman–Crippen MR) is 101 cm³/mol. The maximum Gasteiger partial charge on any atom is 0.223 e. The number of nitrogens with one attached hydrogen (secondary N) is 3. The molecule has 2 fully saturated rings. The molecule has 3 rings (SSSR count). The summed E-state index contributed by atoms with van der Waals surface area (Å²) in [5.41, 5.74) is 1.76. The Balaban J connectivity index is 1.47. The predicted octanol–water partition coefficient (Wildman–Crippen LogP) is 2.06. The van der Waals surface area contributed by atoms with Crippen LogP contribution in [0.4, 0.5) is 0 Å². The second kappa shape index (κ2) is 8.70. The molecule has 6 nitrogen and oxygen atoms in total. The van der Waals surface area contributed by atoms with Crippen LogP contribution in [0.15, 0.2) is 29.3 Å². The summed E-state index contributed by atoms with van der Waals surface area (Å²) in [4.78, 5) is 16.6. The van der Waals surface area contributed by atoms with E-state index in [2.05, 4.69) is 27.0 Å². The van der Waals surface area contributed by atoms with Crippen molar-refractivity contribution < 1.29 is 4.79 Å². The van der Waals surface area contributed by atoms with E-state index < -0.39 is 0 Å². The van der Waals surface area contributed by atoms with Crippen LogP contribution < -0.4 is 16.0 Å². The molecular formula is C20H27N5O. The van der Waals surface area contributed by atoms with Crippen molar-refractivity contribution in [3.63, 3.8) is 0 Å². The number of amides is 1. The fourth-order valence-corrected chi connectivity index (χ4v) is 3.38. The third kappa shape index (κ3) is 5.22. The molecule has 2 aliphatic carbocycles. The van der Waals surface area contributed by atoms with Crippen molar-refractivity contribution in [3.8, 4) is 6.07 Å². The third-order valence-corrected chi connectivity index (χ3v) is 5.08. The lowest BCUT2D eigenvalue weighted by Gasteiger charge is -2.30. The highest BCUT2D eigenvalue weighted by molar-refractivity contribution is 5.81. The second-order valence-electron chi connectivity index (χ2n) is 7.22. The molecular weight excluding hydrogens is 326 g/mol. The van der Waals surface area contributed by atoms with Gasteiger partial charge in [-0.15, -0.1) is 0 Å². The van der Waals surface area contributed by atoms with E-state index in [9.17, 15) is 4.79 Å². The largest absolute Gasteiger partial charge is 0.354 e. The van der Waals surface area contributed by atoms with Crippen LogP contribution in [0.1, 0.15) is 49.7 Å². The minimum atomic E-state index is 0.110. The molecule has 0 spiro atoms. The normalized spacial score (nSPS) is 23.0. The van der Waals surface area contributed by atoms with Gasteiger partial charge in [-0.3, -0.25) is 9.79 Å². The summed E-state index contributed by atoms with van der Waals surface area (Å²) in [6.07, 6.45) is 6.22. The van der Waals surface area contributed by atoms with E-state index >= 15 is 0 Å². The highest BCUT2D eigenvalue weighted by Gasteiger charge is 2.31. The Hall–Kier alpha value is -2.55. The van der Waals surface area contributed by atoms with Crippen LogP contribution >= 0.6 is 0 Å². The molecule has 0 saturated heterocycles. The van der Waals surface area contributed by atoms with E-state index in [4.69, 9.17) is 5.26 Å². The molecule has 3 N–H and O–H groups in total. The van der Waals surface area contributed by atoms with Crippen LogP contribution in [-0.4, -0.2) is 31.0 Å². The van der Waals surface area contributed by atoms with Crippen molar-refractivity contribution in [2.75, 3.05) is 7.05 Å². The Morgan fingerprint density at radius 3 is 2.58 bits per heavy atom. The fourth-order valence-electron chi connectivity index (χ4n) is 3.38. The minimum Gasteiger partial charge on any atom is -0.354 e. The number of hydrogen-bond acceptors (Lipinski definition) is 3. The van der Waals surface area contributed by atoms with Crippen LogP contribution in [0.2, 0.25) is 0 Å². The van der Waals surface area contributed by atoms with E-state index in [1.165, 1.54) is 0 Å². The minimum absolute atomic E-state index is 0.110. The lowest BCUT2D eigenvalue weighted by atomic mass is 9.85. The van der Waals surface area contributed by atoms with Gasteiger partial charge in [0.2, 0.25) is 5.91 Å². The van der Waals surface area contributed by atoms with Gasteiger partial charge in [-0.05, 0) is 49.8 Å². The summed E-state index contributed by atoms with van der Waals surface area (Å²) in [6.45, 7) is 0.643. The fraction of sp³-hybridized carbons (Fsp3) is 0.550. The average Bonchev–Trinajstić information content (AvgIpc) is 3.49. The first-order valence-electron chi connectivity index (χ1n) is 9.44. The van der Waals surface area contributed by atoms with Crippen LogP contribution in [0.3, 0.4) is 0 Å². The van der Waals surface area contributed by atoms with Gasteiger partial charge in [0.15, 0.2) is 5.96 Å². The Kier molecular flexibility index (Phi) is 6.11. The van der Waals surface area contributed by atoms with E-state index in [1.807, 2.05) is 24.3 Å². The zero-order chi connectivity index (χ0) is 18.4. The summed E-state index contributed by atoms with van der Waals surface area (Å²) in [6, 6.07) is 10.3. The maximum absolute atomic E-state index is 12.3. The van der Waals surface area contributed by atoms with Gasteiger partial charge < -0.3 is 16.0 Å². The molecule has 1 amide bonds. The lowest BCUT2D eigenvalue weighted by molar-refractivity contribution is -0.126. The van der Waals surface area contributed by atoms with E-state index in [0.29, 0.717) is 18.2 Å². The molecule has 6 heteroatoms. The van der Waals surface area contributed by atoms with Crippen LogP contribution in [-0.2, 0) is 11.3 Å². The van der Waals surface area contributed by atoms with Gasteiger partial charge in [0.25, 0.3) is 0 Å². The summed E-state index contributed by atoms with van der Waals surface area (Å²) in [7, 11) is 1.76. The molecule has 2 saturated carbocycles. The number of carbonyl (C=O) groups is 1. The first kappa shape index (κ1) is 18.2. The monoisotopic (exact) mass is 353 g/mol. The Morgan fingerprint density at radius 2 is 1.92 bits per heavy atom. The van der Waals surface area contributed by atoms with Crippen molar-refractivity contribution >= 4 is 11.9 Å². The Labute approximate surface area is 155 Å². The standard InChI is InChI=1S/C20H27N5O/c1-22-20(23-13-15-7-5-14(12-21)6-8-15)25-18-4-2-3-16(11-18)19(26)24-17-9-10-17/h5-8,16-18H,2-4,9-11,13H2,1H3,(H,24,26)(H2,22,23,25). The molecule has 26 heavy (non-hydrogen) atoms. The van der Waals surface area contributed by atoms with Crippen molar-refractivity contribution in [2.45, 2.75) is 57.2 Å². The SMILES string of the molecule is CN=C(NCc1ccc(C#N)cc1)NC1CCCC(C(=O)NC2CC2)C1. The zero-order valence-corrected chi connectivity index (χ0v) is 15.3. The van der Waals surface area contributed by atoms with E-state index in [1.54, 1.807) is 7.05 Å². The molecule has 2 atom stereocenters. The highest BCUT2D eigenvalue weighted by Crippen LogP contribution is 2.26. The smallest absolute Gasteiger partial charge is 0.223 e. The Bertz CT molecular complexity index is 687. The van der Waals surface area contributed by atoms with Crippen molar-refractivity contribution in [3.05, 3.63) is 35.4 Å². The molecule has 0 bridgehead atoms. The highest BCUT2D eigenvalue weighted by atomic mass is 16.2. The topological polar surface area (TPSA) is 89.3 Å². The van der Waals surface area contributed by atoms with Crippen molar-refractivity contribution in [1.29, 1.82) is 5.26 Å². The van der Waals surface area contributed by atoms with Crippen LogP contribution in [0.25, 0.3) is 0 Å². The first-order valence-corrected chi connectivity index (χ1v) is 9.44. The van der Waals surface area contributed by atoms with E-state index in [0.717, 1.165) is 50.0 Å². The Morgan fingerprint density at radius 1 is 1.15 bits per heavy atom. The quantitative estimate of drug-likeness (QED) is 0.558. The molecule has 0 aromatic heterocycles. The van der Waals surface area contributed by atoms with Crippen LogP contribution in [0.5, 0.6) is 0 Å². The number of carbonyl (C=O) groups excluding carboxylic acids is 1. The molecule has 2 unspecified atom stereocenters. The number of nitrogens with zero attached hydrogens (tertiary/aromatic N) is 2. The number of hydrogen-bond donors (Lipinski definition) is 3. The molecule has 1 aromatic rings. The first-order chi connectivity index (χ1) is 12.7. The van der Waals surface area contributed by atoms with Gasteiger partial charge >= 0.3 is 0 Å². The van der Waals surface area contributed by atoms with Gasteiger partial charge in [0.1, 0.15) is 0 Å². The number of rotatable bonds is 5. The van der Waals surface area contributed by atoms with Gasteiger partial charge in [-0.25, -0.2) is 0 Å². The van der Waals surface area contributed by atoms with Gasteiger partial charge in [0, 0.05) is 31.6 Å². The van der Waals surface area contributed by atoms with Crippen molar-refractivity contribution in [1.82, 2.24) is 16.0 Å². The van der Waals surface area contributed by atoms with Gasteiger partial charge in [-0.2, -0.15) is 5.26 Å². The summed E-state index contributed by atoms with van der Waals surface area (Å²) in [5.74, 6) is 1.08. The summed E-state index contributed by atoms with van der Waals surface area (Å²) < 4.78 is 0. The average molecular weight is 353 g/mol. The summed E-state index contributed by atoms with van der Waals surface area (Å²) in [5, 5.41) is 18.8. The number of benzene rings is 1. The third-order valence-electron chi connectivity index (χ3n) is 5.08. The molecule has 1 aromatic carbocycles. The molecule has 0 aliphatic heterocycles. The summed E-state index contributed by atoms with van der Waals surface area (Å²) >= 11 is 0. The number of nitriles is 1. The van der Waals surface area contributed by atoms with E-state index in [-0.39, 0.29) is 17.9 Å².